The minimum atomic E-state index is -0.0596. The fraction of sp³-hybridized carbons (Fsp3) is 0.700. The molecule has 0 saturated heterocycles. The molecule has 1 aromatic heterocycles. The summed E-state index contributed by atoms with van der Waals surface area (Å²) in [7, 11) is 0. The zero-order valence-corrected chi connectivity index (χ0v) is 8.58. The second-order valence-electron chi connectivity index (χ2n) is 3.46. The van der Waals surface area contributed by atoms with Crippen molar-refractivity contribution in [3.63, 3.8) is 0 Å². The van der Waals surface area contributed by atoms with Crippen LogP contribution in [-0.2, 0) is 0 Å². The summed E-state index contributed by atoms with van der Waals surface area (Å²) >= 11 is 0. The van der Waals surface area contributed by atoms with Crippen LogP contribution < -0.4 is 5.73 Å². The average molecular weight is 182 g/mol. The third kappa shape index (κ3) is 2.31. The van der Waals surface area contributed by atoms with Crippen LogP contribution in [0.1, 0.15) is 57.0 Å². The first-order valence-electron chi connectivity index (χ1n) is 4.91. The lowest BCUT2D eigenvalue weighted by Gasteiger charge is -2.06. The van der Waals surface area contributed by atoms with E-state index in [1.807, 2.05) is 13.0 Å². The van der Waals surface area contributed by atoms with E-state index in [0.717, 1.165) is 24.3 Å². The third-order valence-corrected chi connectivity index (χ3v) is 2.40. The summed E-state index contributed by atoms with van der Waals surface area (Å²) in [4.78, 5) is 0. The van der Waals surface area contributed by atoms with E-state index in [0.29, 0.717) is 5.92 Å². The van der Waals surface area contributed by atoms with Gasteiger partial charge in [-0.2, -0.15) is 0 Å². The molecule has 3 nitrogen and oxygen atoms in total. The Morgan fingerprint density at radius 3 is 2.46 bits per heavy atom. The Balaban J connectivity index is 2.78. The Kier molecular flexibility index (Phi) is 3.48. The van der Waals surface area contributed by atoms with Crippen LogP contribution in [0.5, 0.6) is 0 Å². The Labute approximate surface area is 79.3 Å². The molecule has 0 radical (unpaired) electrons. The van der Waals surface area contributed by atoms with Gasteiger partial charge in [0.15, 0.2) is 5.76 Å². The summed E-state index contributed by atoms with van der Waals surface area (Å²) in [6.45, 7) is 6.22. The fourth-order valence-corrected chi connectivity index (χ4v) is 1.42. The van der Waals surface area contributed by atoms with Gasteiger partial charge in [0.1, 0.15) is 0 Å². The molecule has 74 valence electrons. The largest absolute Gasteiger partial charge is 0.359 e. The van der Waals surface area contributed by atoms with Crippen molar-refractivity contribution in [2.24, 2.45) is 5.73 Å². The first kappa shape index (κ1) is 10.3. The Morgan fingerprint density at radius 2 is 2.08 bits per heavy atom. The van der Waals surface area contributed by atoms with Crippen LogP contribution in [0.15, 0.2) is 10.6 Å². The van der Waals surface area contributed by atoms with E-state index in [1.54, 1.807) is 0 Å². The molecular weight excluding hydrogens is 164 g/mol. The zero-order chi connectivity index (χ0) is 9.84. The molecule has 0 amide bonds. The summed E-state index contributed by atoms with van der Waals surface area (Å²) in [5, 5.41) is 4.02. The highest BCUT2D eigenvalue weighted by molar-refractivity contribution is 5.12. The molecule has 0 saturated carbocycles. The number of hydrogen-bond donors (Lipinski definition) is 1. The van der Waals surface area contributed by atoms with Crippen LogP contribution in [0.25, 0.3) is 0 Å². The molecule has 0 spiro atoms. The number of hydrogen-bond acceptors (Lipinski definition) is 3. The topological polar surface area (TPSA) is 52.0 Å². The molecule has 2 N–H and O–H groups in total. The standard InChI is InChI=1S/C10H18N2O/c1-4-8(5-2)9-6-10(7(3)11)13-12-9/h6-8H,4-5,11H2,1-3H3. The normalized spacial score (nSPS) is 13.6. The molecule has 1 atom stereocenters. The highest BCUT2D eigenvalue weighted by atomic mass is 16.5. The molecule has 0 aliphatic heterocycles. The zero-order valence-electron chi connectivity index (χ0n) is 8.58. The third-order valence-electron chi connectivity index (χ3n) is 2.40. The van der Waals surface area contributed by atoms with Gasteiger partial charge in [-0.25, -0.2) is 0 Å². The fourth-order valence-electron chi connectivity index (χ4n) is 1.42. The maximum Gasteiger partial charge on any atom is 0.153 e. The molecule has 13 heavy (non-hydrogen) atoms. The van der Waals surface area contributed by atoms with Gasteiger partial charge in [-0.15, -0.1) is 0 Å². The Bertz CT molecular complexity index is 251. The van der Waals surface area contributed by atoms with Crippen molar-refractivity contribution in [3.05, 3.63) is 17.5 Å². The first-order valence-corrected chi connectivity index (χ1v) is 4.91. The summed E-state index contributed by atoms with van der Waals surface area (Å²) < 4.78 is 5.14. The summed E-state index contributed by atoms with van der Waals surface area (Å²) in [5.41, 5.74) is 6.72. The van der Waals surface area contributed by atoms with Gasteiger partial charge in [-0.1, -0.05) is 19.0 Å². The number of nitrogens with zero attached hydrogens (tertiary/aromatic N) is 1. The molecule has 1 unspecified atom stereocenters. The van der Waals surface area contributed by atoms with Gasteiger partial charge in [0.05, 0.1) is 11.7 Å². The number of nitrogens with two attached hydrogens (primary N) is 1. The minimum absolute atomic E-state index is 0.0596. The van der Waals surface area contributed by atoms with Gasteiger partial charge in [0, 0.05) is 12.0 Å². The van der Waals surface area contributed by atoms with Crippen LogP contribution in [0, 0.1) is 0 Å². The van der Waals surface area contributed by atoms with Crippen LogP contribution in [0.3, 0.4) is 0 Å². The Morgan fingerprint density at radius 1 is 1.46 bits per heavy atom. The number of aromatic nitrogens is 1. The maximum atomic E-state index is 5.68. The van der Waals surface area contributed by atoms with E-state index in [1.165, 1.54) is 0 Å². The molecular formula is C10H18N2O. The van der Waals surface area contributed by atoms with Crippen LogP contribution in [0.4, 0.5) is 0 Å². The molecule has 0 fully saturated rings. The van der Waals surface area contributed by atoms with Crippen molar-refractivity contribution in [1.82, 2.24) is 5.16 Å². The van der Waals surface area contributed by atoms with E-state index in [2.05, 4.69) is 19.0 Å². The van der Waals surface area contributed by atoms with Crippen molar-refractivity contribution in [2.45, 2.75) is 45.6 Å². The minimum Gasteiger partial charge on any atom is -0.359 e. The van der Waals surface area contributed by atoms with E-state index in [9.17, 15) is 0 Å². The van der Waals surface area contributed by atoms with Crippen LogP contribution >= 0.6 is 0 Å². The lowest BCUT2D eigenvalue weighted by molar-refractivity contribution is 0.357. The van der Waals surface area contributed by atoms with Gasteiger partial charge in [0.2, 0.25) is 0 Å². The molecule has 0 aliphatic carbocycles. The summed E-state index contributed by atoms with van der Waals surface area (Å²) in [6, 6.07) is 1.91. The first-order chi connectivity index (χ1) is 6.19. The van der Waals surface area contributed by atoms with Gasteiger partial charge in [0.25, 0.3) is 0 Å². The number of rotatable bonds is 4. The van der Waals surface area contributed by atoms with Gasteiger partial charge in [-0.05, 0) is 19.8 Å². The summed E-state index contributed by atoms with van der Waals surface area (Å²) in [6.07, 6.45) is 2.20. The van der Waals surface area contributed by atoms with E-state index >= 15 is 0 Å². The summed E-state index contributed by atoms with van der Waals surface area (Å²) in [5.74, 6) is 1.29. The van der Waals surface area contributed by atoms with Crippen molar-refractivity contribution in [2.75, 3.05) is 0 Å². The highest BCUT2D eigenvalue weighted by Crippen LogP contribution is 2.23. The molecule has 3 heteroatoms. The van der Waals surface area contributed by atoms with Gasteiger partial charge in [-0.3, -0.25) is 0 Å². The van der Waals surface area contributed by atoms with E-state index in [4.69, 9.17) is 10.3 Å². The predicted octanol–water partition coefficient (Wildman–Crippen LogP) is 2.60. The molecule has 0 aliphatic rings. The van der Waals surface area contributed by atoms with E-state index in [-0.39, 0.29) is 6.04 Å². The predicted molar refractivity (Wildman–Crippen MR) is 52.4 cm³/mol. The van der Waals surface area contributed by atoms with Gasteiger partial charge < -0.3 is 10.3 Å². The second-order valence-corrected chi connectivity index (χ2v) is 3.46. The second kappa shape index (κ2) is 4.42. The molecule has 1 aromatic rings. The average Bonchev–Trinajstić information content (AvgIpc) is 2.56. The quantitative estimate of drug-likeness (QED) is 0.778. The Hall–Kier alpha value is -0.830. The maximum absolute atomic E-state index is 5.68. The van der Waals surface area contributed by atoms with Crippen molar-refractivity contribution in [1.29, 1.82) is 0 Å². The SMILES string of the molecule is CCC(CC)c1cc(C(C)N)on1. The molecule has 1 heterocycles. The monoisotopic (exact) mass is 182 g/mol. The molecule has 1 rings (SSSR count). The van der Waals surface area contributed by atoms with Crippen LogP contribution in [-0.4, -0.2) is 5.16 Å². The lowest BCUT2D eigenvalue weighted by Crippen LogP contribution is -2.03. The molecule has 0 bridgehead atoms. The lowest BCUT2D eigenvalue weighted by atomic mass is 9.99. The van der Waals surface area contributed by atoms with Crippen LogP contribution in [0.2, 0.25) is 0 Å². The highest BCUT2D eigenvalue weighted by Gasteiger charge is 2.14. The van der Waals surface area contributed by atoms with Gasteiger partial charge >= 0.3 is 0 Å². The van der Waals surface area contributed by atoms with Crippen molar-refractivity contribution < 1.29 is 4.52 Å². The van der Waals surface area contributed by atoms with Crippen molar-refractivity contribution >= 4 is 0 Å². The molecule has 0 aromatic carbocycles. The smallest absolute Gasteiger partial charge is 0.153 e. The van der Waals surface area contributed by atoms with E-state index < -0.39 is 0 Å². The van der Waals surface area contributed by atoms with Crippen molar-refractivity contribution in [3.8, 4) is 0 Å².